The zero-order valence-corrected chi connectivity index (χ0v) is 11.4. The largest absolute Gasteiger partial charge is 0.493 e. The fourth-order valence-electron chi connectivity index (χ4n) is 1.90. The smallest absolute Gasteiger partial charge is 0.161 e. The van der Waals surface area contributed by atoms with Crippen LogP contribution in [0.3, 0.4) is 0 Å². The Kier molecular flexibility index (Phi) is 4.96. The molecule has 0 amide bonds. The molecular weight excluding hydrogens is 257 g/mol. The SMILES string of the molecule is COc1cc(CCN)ccc1OCc1ccc(F)cc1. The highest BCUT2D eigenvalue weighted by atomic mass is 19.1. The topological polar surface area (TPSA) is 44.5 Å². The number of ether oxygens (including phenoxy) is 2. The molecule has 3 nitrogen and oxygen atoms in total. The summed E-state index contributed by atoms with van der Waals surface area (Å²) in [5, 5.41) is 0. The Balaban J connectivity index is 2.06. The molecule has 2 rings (SSSR count). The number of halogens is 1. The Labute approximate surface area is 118 Å². The predicted octanol–water partition coefficient (Wildman–Crippen LogP) is 2.91. The Hall–Kier alpha value is -2.07. The van der Waals surface area contributed by atoms with Crippen molar-refractivity contribution in [3.05, 3.63) is 59.4 Å². The van der Waals surface area contributed by atoms with Crippen LogP contribution >= 0.6 is 0 Å². The van der Waals surface area contributed by atoms with Crippen molar-refractivity contribution in [2.24, 2.45) is 5.73 Å². The van der Waals surface area contributed by atoms with Crippen molar-refractivity contribution in [2.45, 2.75) is 13.0 Å². The van der Waals surface area contributed by atoms with Gasteiger partial charge in [0.15, 0.2) is 11.5 Å². The zero-order valence-electron chi connectivity index (χ0n) is 11.4. The summed E-state index contributed by atoms with van der Waals surface area (Å²) in [6.07, 6.45) is 0.800. The Morgan fingerprint density at radius 1 is 1.00 bits per heavy atom. The van der Waals surface area contributed by atoms with Crippen molar-refractivity contribution in [1.82, 2.24) is 0 Å². The van der Waals surface area contributed by atoms with E-state index in [4.69, 9.17) is 15.2 Å². The maximum atomic E-state index is 12.8. The molecule has 0 heterocycles. The van der Waals surface area contributed by atoms with Gasteiger partial charge in [0.1, 0.15) is 12.4 Å². The standard InChI is InChI=1S/C16H18FNO2/c1-19-16-10-12(8-9-18)4-7-15(16)20-11-13-2-5-14(17)6-3-13/h2-7,10H,8-9,11,18H2,1H3. The normalized spacial score (nSPS) is 10.3. The molecule has 0 aromatic heterocycles. The first-order chi connectivity index (χ1) is 9.72. The van der Waals surface area contributed by atoms with Gasteiger partial charge in [-0.15, -0.1) is 0 Å². The van der Waals surface area contributed by atoms with E-state index in [1.165, 1.54) is 12.1 Å². The van der Waals surface area contributed by atoms with Crippen molar-refractivity contribution >= 4 is 0 Å². The summed E-state index contributed by atoms with van der Waals surface area (Å²) in [6, 6.07) is 12.0. The van der Waals surface area contributed by atoms with Crippen molar-refractivity contribution in [3.8, 4) is 11.5 Å². The van der Waals surface area contributed by atoms with Gasteiger partial charge in [-0.1, -0.05) is 18.2 Å². The van der Waals surface area contributed by atoms with Gasteiger partial charge in [-0.25, -0.2) is 4.39 Å². The van der Waals surface area contributed by atoms with E-state index in [2.05, 4.69) is 0 Å². The summed E-state index contributed by atoms with van der Waals surface area (Å²) in [4.78, 5) is 0. The third kappa shape index (κ3) is 3.71. The van der Waals surface area contributed by atoms with Gasteiger partial charge < -0.3 is 15.2 Å². The maximum absolute atomic E-state index is 12.8. The van der Waals surface area contributed by atoms with E-state index >= 15 is 0 Å². The average molecular weight is 275 g/mol. The summed E-state index contributed by atoms with van der Waals surface area (Å²) in [6.45, 7) is 0.964. The lowest BCUT2D eigenvalue weighted by Gasteiger charge is -2.12. The van der Waals surface area contributed by atoms with Crippen LogP contribution in [0.4, 0.5) is 4.39 Å². The van der Waals surface area contributed by atoms with Gasteiger partial charge in [-0.3, -0.25) is 0 Å². The van der Waals surface area contributed by atoms with Gasteiger partial charge in [-0.05, 0) is 48.4 Å². The highest BCUT2D eigenvalue weighted by molar-refractivity contribution is 5.43. The molecule has 0 aliphatic rings. The second-order valence-electron chi connectivity index (χ2n) is 4.44. The Morgan fingerprint density at radius 3 is 2.35 bits per heavy atom. The number of hydrogen-bond acceptors (Lipinski definition) is 3. The highest BCUT2D eigenvalue weighted by Gasteiger charge is 2.06. The molecule has 0 saturated carbocycles. The van der Waals surface area contributed by atoms with Crippen LogP contribution in [0.5, 0.6) is 11.5 Å². The minimum absolute atomic E-state index is 0.252. The molecule has 0 saturated heterocycles. The summed E-state index contributed by atoms with van der Waals surface area (Å²) >= 11 is 0. The number of methoxy groups -OCH3 is 1. The minimum atomic E-state index is -0.252. The van der Waals surface area contributed by atoms with Crippen LogP contribution in [0.25, 0.3) is 0 Å². The minimum Gasteiger partial charge on any atom is -0.493 e. The maximum Gasteiger partial charge on any atom is 0.161 e. The molecule has 4 heteroatoms. The van der Waals surface area contributed by atoms with Crippen LogP contribution in [-0.2, 0) is 13.0 Å². The van der Waals surface area contributed by atoms with Gasteiger partial charge in [0, 0.05) is 0 Å². The average Bonchev–Trinajstić information content (AvgIpc) is 2.47. The molecule has 0 fully saturated rings. The third-order valence-corrected chi connectivity index (χ3v) is 2.97. The summed E-state index contributed by atoms with van der Waals surface area (Å²) < 4.78 is 23.8. The molecule has 0 unspecified atom stereocenters. The van der Waals surface area contributed by atoms with Crippen LogP contribution in [-0.4, -0.2) is 13.7 Å². The zero-order chi connectivity index (χ0) is 14.4. The summed E-state index contributed by atoms with van der Waals surface area (Å²) in [5.41, 5.74) is 7.55. The van der Waals surface area contributed by atoms with Crippen molar-refractivity contribution in [3.63, 3.8) is 0 Å². The predicted molar refractivity (Wildman–Crippen MR) is 76.5 cm³/mol. The van der Waals surface area contributed by atoms with Crippen LogP contribution in [0, 0.1) is 5.82 Å². The van der Waals surface area contributed by atoms with E-state index in [0.717, 1.165) is 17.5 Å². The molecule has 2 aromatic carbocycles. The fraction of sp³-hybridized carbons (Fsp3) is 0.250. The highest BCUT2D eigenvalue weighted by Crippen LogP contribution is 2.28. The number of benzene rings is 2. The molecule has 0 atom stereocenters. The van der Waals surface area contributed by atoms with E-state index in [1.54, 1.807) is 19.2 Å². The molecular formula is C16H18FNO2. The monoisotopic (exact) mass is 275 g/mol. The lowest BCUT2D eigenvalue weighted by atomic mass is 10.1. The van der Waals surface area contributed by atoms with E-state index in [-0.39, 0.29) is 5.82 Å². The first-order valence-corrected chi connectivity index (χ1v) is 6.47. The van der Waals surface area contributed by atoms with Crippen LogP contribution in [0.15, 0.2) is 42.5 Å². The van der Waals surface area contributed by atoms with Crippen LogP contribution < -0.4 is 15.2 Å². The Bertz CT molecular complexity index is 555. The van der Waals surface area contributed by atoms with E-state index in [0.29, 0.717) is 24.7 Å². The Morgan fingerprint density at radius 2 is 1.70 bits per heavy atom. The van der Waals surface area contributed by atoms with Crippen molar-refractivity contribution < 1.29 is 13.9 Å². The number of nitrogens with two attached hydrogens (primary N) is 1. The number of rotatable bonds is 6. The van der Waals surface area contributed by atoms with Crippen LogP contribution in [0.2, 0.25) is 0 Å². The van der Waals surface area contributed by atoms with Crippen molar-refractivity contribution in [1.29, 1.82) is 0 Å². The molecule has 106 valence electrons. The fourth-order valence-corrected chi connectivity index (χ4v) is 1.90. The van der Waals surface area contributed by atoms with Gasteiger partial charge in [-0.2, -0.15) is 0 Å². The quantitative estimate of drug-likeness (QED) is 0.881. The molecule has 0 bridgehead atoms. The second kappa shape index (κ2) is 6.91. The summed E-state index contributed by atoms with van der Waals surface area (Å²) in [7, 11) is 1.60. The molecule has 20 heavy (non-hydrogen) atoms. The lowest BCUT2D eigenvalue weighted by Crippen LogP contribution is -2.03. The lowest BCUT2D eigenvalue weighted by molar-refractivity contribution is 0.284. The van der Waals surface area contributed by atoms with Gasteiger partial charge >= 0.3 is 0 Å². The van der Waals surface area contributed by atoms with E-state index < -0.39 is 0 Å². The van der Waals surface area contributed by atoms with Gasteiger partial charge in [0.2, 0.25) is 0 Å². The third-order valence-electron chi connectivity index (χ3n) is 2.97. The molecule has 0 aliphatic heterocycles. The summed E-state index contributed by atoms with van der Waals surface area (Å²) in [5.74, 6) is 1.09. The van der Waals surface area contributed by atoms with Crippen LogP contribution in [0.1, 0.15) is 11.1 Å². The molecule has 2 aromatic rings. The van der Waals surface area contributed by atoms with Crippen molar-refractivity contribution in [2.75, 3.05) is 13.7 Å². The van der Waals surface area contributed by atoms with E-state index in [9.17, 15) is 4.39 Å². The van der Waals surface area contributed by atoms with Gasteiger partial charge in [0.05, 0.1) is 7.11 Å². The van der Waals surface area contributed by atoms with Gasteiger partial charge in [0.25, 0.3) is 0 Å². The number of hydrogen-bond donors (Lipinski definition) is 1. The molecule has 2 N–H and O–H groups in total. The van der Waals surface area contributed by atoms with E-state index in [1.807, 2.05) is 18.2 Å². The first-order valence-electron chi connectivity index (χ1n) is 6.47. The second-order valence-corrected chi connectivity index (χ2v) is 4.44. The molecule has 0 radical (unpaired) electrons. The molecule has 0 aliphatic carbocycles. The molecule has 0 spiro atoms. The first kappa shape index (κ1) is 14.3.